The highest BCUT2D eigenvalue weighted by Crippen LogP contribution is 1.66. The monoisotopic (exact) mass is 140 g/mol. The molecule has 0 heteroatoms. The van der Waals surface area contributed by atoms with Gasteiger partial charge in [-0.1, -0.05) is 25.2 Å². The summed E-state index contributed by atoms with van der Waals surface area (Å²) in [7, 11) is 0. The van der Waals surface area contributed by atoms with Crippen LogP contribution in [-0.2, 0) is 0 Å². The van der Waals surface area contributed by atoms with Crippen molar-refractivity contribution < 1.29 is 0 Å². The average molecular weight is 140 g/mol. The minimum absolute atomic E-state index is 1.08. The highest BCUT2D eigenvalue weighted by Gasteiger charge is 1.45. The van der Waals surface area contributed by atoms with Crippen LogP contribution in [0, 0.1) is 0 Å². The van der Waals surface area contributed by atoms with Gasteiger partial charge < -0.3 is 0 Å². The highest BCUT2D eigenvalue weighted by atomic mass is 13.5. The minimum Gasteiger partial charge on any atom is -0.103 e. The van der Waals surface area contributed by atoms with Gasteiger partial charge >= 0.3 is 0 Å². The fraction of sp³-hybridized carbons (Fsp3) is 0.400. The lowest BCUT2D eigenvalue weighted by molar-refractivity contribution is 1.23. The van der Waals surface area contributed by atoms with E-state index in [4.69, 9.17) is 0 Å². The van der Waals surface area contributed by atoms with Crippen LogP contribution < -0.4 is 0 Å². The first-order chi connectivity index (χ1) is 4.74. The van der Waals surface area contributed by atoms with E-state index in [1.807, 2.05) is 19.9 Å². The molecule has 0 aliphatic rings. The van der Waals surface area contributed by atoms with Gasteiger partial charge in [0, 0.05) is 0 Å². The molecule has 0 saturated carbocycles. The molecule has 10 heavy (non-hydrogen) atoms. The summed E-state index contributed by atoms with van der Waals surface area (Å²) >= 11 is 0. The molecule has 0 saturated heterocycles. The fourth-order valence-electron chi connectivity index (χ4n) is 0. The highest BCUT2D eigenvalue weighted by molar-refractivity contribution is 4.60. The molecule has 0 radical (unpaired) electrons. The van der Waals surface area contributed by atoms with Crippen molar-refractivity contribution in [3.05, 3.63) is 38.0 Å². The van der Waals surface area contributed by atoms with Crippen molar-refractivity contribution in [3.63, 3.8) is 0 Å². The SMILES string of the molecule is C=CC.C=CC.C=CCC. The van der Waals surface area contributed by atoms with Gasteiger partial charge in [0.05, 0.1) is 0 Å². The van der Waals surface area contributed by atoms with Crippen LogP contribution in [0.1, 0.15) is 27.2 Å². The average Bonchev–Trinajstić information content (AvgIpc) is 1.91. The first-order valence-electron chi connectivity index (χ1n) is 3.49. The second-order valence-electron chi connectivity index (χ2n) is 1.51. The van der Waals surface area contributed by atoms with Crippen LogP contribution in [0.4, 0.5) is 0 Å². The minimum atomic E-state index is 1.08. The second kappa shape index (κ2) is 41.3. The van der Waals surface area contributed by atoms with Crippen molar-refractivity contribution in [3.8, 4) is 0 Å². The molecule has 0 aromatic carbocycles. The molecule has 0 aromatic heterocycles. The maximum absolute atomic E-state index is 3.48. The van der Waals surface area contributed by atoms with Crippen LogP contribution in [0.15, 0.2) is 38.0 Å². The first-order valence-corrected chi connectivity index (χ1v) is 3.49. The van der Waals surface area contributed by atoms with Gasteiger partial charge in [-0.05, 0) is 20.3 Å². The molecule has 0 rings (SSSR count). The van der Waals surface area contributed by atoms with Gasteiger partial charge in [-0.15, -0.1) is 19.7 Å². The molecule has 0 N–H and O–H groups in total. The quantitative estimate of drug-likeness (QED) is 0.483. The van der Waals surface area contributed by atoms with Crippen molar-refractivity contribution >= 4 is 0 Å². The molecule has 60 valence electrons. The first kappa shape index (κ1) is 16.1. The molecule has 0 aliphatic carbocycles. The summed E-state index contributed by atoms with van der Waals surface area (Å²) < 4.78 is 0. The summed E-state index contributed by atoms with van der Waals surface area (Å²) in [6.07, 6.45) is 6.46. The van der Waals surface area contributed by atoms with Crippen LogP contribution >= 0.6 is 0 Å². The molecule has 0 bridgehead atoms. The summed E-state index contributed by atoms with van der Waals surface area (Å²) in [6, 6.07) is 0. The molecule has 0 heterocycles. The summed E-state index contributed by atoms with van der Waals surface area (Å²) in [5.74, 6) is 0. The number of rotatable bonds is 1. The Bertz CT molecular complexity index is 54.4. The largest absolute Gasteiger partial charge is 0.103 e. The third kappa shape index (κ3) is 5770. The Balaban J connectivity index is -0.0000000750. The molecule has 0 aromatic rings. The smallest absolute Gasteiger partial charge is 0.0382 e. The Hall–Kier alpha value is -0.780. The normalized spacial score (nSPS) is 5.10. The van der Waals surface area contributed by atoms with Crippen LogP contribution in [0.3, 0.4) is 0 Å². The molecular formula is C10H20. The Morgan fingerprint density at radius 1 is 1.00 bits per heavy atom. The lowest BCUT2D eigenvalue weighted by Gasteiger charge is -1.57. The summed E-state index contributed by atoms with van der Waals surface area (Å²) in [5.41, 5.74) is 0. The lowest BCUT2D eigenvalue weighted by Crippen LogP contribution is -1.36. The molecule has 0 unspecified atom stereocenters. The Morgan fingerprint density at radius 2 is 1.10 bits per heavy atom. The van der Waals surface area contributed by atoms with Crippen LogP contribution in [-0.4, -0.2) is 0 Å². The van der Waals surface area contributed by atoms with Crippen molar-refractivity contribution in [1.82, 2.24) is 0 Å². The second-order valence-corrected chi connectivity index (χ2v) is 1.51. The molecule has 0 fully saturated rings. The van der Waals surface area contributed by atoms with Gasteiger partial charge in [0.15, 0.2) is 0 Å². The Morgan fingerprint density at radius 3 is 1.10 bits per heavy atom. The van der Waals surface area contributed by atoms with Crippen molar-refractivity contribution in [1.29, 1.82) is 0 Å². The number of allylic oxidation sites excluding steroid dienone is 3. The lowest BCUT2D eigenvalue weighted by atomic mass is 10.5. The van der Waals surface area contributed by atoms with E-state index < -0.39 is 0 Å². The maximum Gasteiger partial charge on any atom is -0.0382 e. The van der Waals surface area contributed by atoms with Gasteiger partial charge in [0.2, 0.25) is 0 Å². The van der Waals surface area contributed by atoms with Crippen molar-refractivity contribution in [2.45, 2.75) is 27.2 Å². The maximum atomic E-state index is 3.48. The van der Waals surface area contributed by atoms with E-state index in [9.17, 15) is 0 Å². The summed E-state index contributed by atoms with van der Waals surface area (Å²) in [5, 5.41) is 0. The van der Waals surface area contributed by atoms with Gasteiger partial charge in [-0.25, -0.2) is 0 Å². The van der Waals surface area contributed by atoms with Gasteiger partial charge in [0.1, 0.15) is 0 Å². The number of hydrogen-bond donors (Lipinski definition) is 0. The third-order valence-corrected chi connectivity index (χ3v) is 0.289. The fourth-order valence-corrected chi connectivity index (χ4v) is 0. The predicted molar refractivity (Wildman–Crippen MR) is 52.2 cm³/mol. The third-order valence-electron chi connectivity index (χ3n) is 0.289. The van der Waals surface area contributed by atoms with Gasteiger partial charge in [-0.3, -0.25) is 0 Å². The topological polar surface area (TPSA) is 0 Å². The van der Waals surface area contributed by atoms with E-state index in [-0.39, 0.29) is 0 Å². The zero-order valence-electron chi connectivity index (χ0n) is 7.56. The number of hydrogen-bond acceptors (Lipinski definition) is 0. The molecule has 0 spiro atoms. The van der Waals surface area contributed by atoms with Crippen LogP contribution in [0.2, 0.25) is 0 Å². The predicted octanol–water partition coefficient (Wildman–Crippen LogP) is 3.97. The van der Waals surface area contributed by atoms with E-state index in [2.05, 4.69) is 26.7 Å². The van der Waals surface area contributed by atoms with E-state index in [1.54, 1.807) is 12.2 Å². The molecule has 0 amide bonds. The van der Waals surface area contributed by atoms with Crippen molar-refractivity contribution in [2.75, 3.05) is 0 Å². The zero-order chi connectivity index (χ0) is 8.83. The molecular weight excluding hydrogens is 120 g/mol. The molecule has 0 nitrogen and oxygen atoms in total. The standard InChI is InChI=1S/C4H8.2C3H6/c1-3-4-2;2*1-3-2/h3H,1,4H2,2H3;2*3H,1H2,2H3. The molecule has 0 atom stereocenters. The van der Waals surface area contributed by atoms with E-state index in [1.165, 1.54) is 0 Å². The van der Waals surface area contributed by atoms with E-state index >= 15 is 0 Å². The van der Waals surface area contributed by atoms with Crippen molar-refractivity contribution in [2.24, 2.45) is 0 Å². The Kier molecular flexibility index (Phi) is 66.5. The van der Waals surface area contributed by atoms with Crippen LogP contribution in [0.25, 0.3) is 0 Å². The molecule has 0 aliphatic heterocycles. The zero-order valence-corrected chi connectivity index (χ0v) is 7.56. The Labute approximate surface area is 66.0 Å². The van der Waals surface area contributed by atoms with E-state index in [0.717, 1.165) is 6.42 Å². The van der Waals surface area contributed by atoms with Crippen LogP contribution in [0.5, 0.6) is 0 Å². The summed E-state index contributed by atoms with van der Waals surface area (Å²) in [6.45, 7) is 16.0. The van der Waals surface area contributed by atoms with E-state index in [0.29, 0.717) is 0 Å². The summed E-state index contributed by atoms with van der Waals surface area (Å²) in [4.78, 5) is 0. The van der Waals surface area contributed by atoms with Gasteiger partial charge in [-0.2, -0.15) is 0 Å². The van der Waals surface area contributed by atoms with Gasteiger partial charge in [0.25, 0.3) is 0 Å².